The number of carboxylic acid groups (broad SMARTS) is 1. The Balaban J connectivity index is 2.95. The molecule has 2 atom stereocenters. The van der Waals surface area contributed by atoms with E-state index in [4.69, 9.17) is 5.11 Å². The fourth-order valence-electron chi connectivity index (χ4n) is 1.87. The van der Waals surface area contributed by atoms with E-state index >= 15 is 0 Å². The Morgan fingerprint density at radius 2 is 2.05 bits per heavy atom. The lowest BCUT2D eigenvalue weighted by molar-refractivity contribution is -0.148. The van der Waals surface area contributed by atoms with Crippen LogP contribution in [0.25, 0.3) is 0 Å². The number of aliphatic hydroxyl groups excluding tert-OH is 1. The minimum absolute atomic E-state index is 0.178. The molecule has 1 aromatic rings. The number of benzene rings is 1. The lowest BCUT2D eigenvalue weighted by atomic mass is 9.84. The highest BCUT2D eigenvalue weighted by Crippen LogP contribution is 2.29. The quantitative estimate of drug-likeness (QED) is 0.583. The molecule has 0 saturated heterocycles. The molecular formula is C12H15BF3NO4. The zero-order valence-electron chi connectivity index (χ0n) is 11.1. The van der Waals surface area contributed by atoms with Gasteiger partial charge in [0.2, 0.25) is 0 Å². The van der Waals surface area contributed by atoms with Gasteiger partial charge in [-0.1, -0.05) is 18.2 Å². The number of carbonyl (C=O) groups is 1. The Kier molecular flexibility index (Phi) is 5.76. The fraction of sp³-hybridized carbons (Fsp3) is 0.417. The molecule has 116 valence electrons. The molecule has 0 aliphatic rings. The molecule has 0 aliphatic carbocycles. The third-order valence-corrected chi connectivity index (χ3v) is 2.80. The second kappa shape index (κ2) is 6.92. The van der Waals surface area contributed by atoms with Crippen molar-refractivity contribution in [3.63, 3.8) is 0 Å². The molecule has 21 heavy (non-hydrogen) atoms. The van der Waals surface area contributed by atoms with Crippen LogP contribution < -0.4 is 5.23 Å². The zero-order valence-corrected chi connectivity index (χ0v) is 11.1. The number of alkyl halides is 3. The summed E-state index contributed by atoms with van der Waals surface area (Å²) >= 11 is 0. The van der Waals surface area contributed by atoms with Crippen molar-refractivity contribution in [2.75, 3.05) is 0 Å². The predicted octanol–water partition coefficient (Wildman–Crippen LogP) is 0.762. The van der Waals surface area contributed by atoms with Crippen LogP contribution >= 0.6 is 0 Å². The number of aliphatic hydroxyl groups is 1. The summed E-state index contributed by atoms with van der Waals surface area (Å²) in [7, 11) is -1.12. The molecule has 0 saturated carbocycles. The SMILES string of the molecule is CB(O)NC(Cc1cccc(C(F)(F)F)c1)[C@H](O)C(=O)O. The van der Waals surface area contributed by atoms with E-state index in [1.807, 2.05) is 0 Å². The molecular weight excluding hydrogens is 290 g/mol. The zero-order chi connectivity index (χ0) is 16.2. The highest BCUT2D eigenvalue weighted by Gasteiger charge is 2.32. The fourth-order valence-corrected chi connectivity index (χ4v) is 1.87. The molecule has 0 aromatic heterocycles. The van der Waals surface area contributed by atoms with Crippen LogP contribution in [0.5, 0.6) is 0 Å². The van der Waals surface area contributed by atoms with Gasteiger partial charge < -0.3 is 20.5 Å². The molecule has 1 aromatic carbocycles. The number of hydrogen-bond acceptors (Lipinski definition) is 4. The minimum Gasteiger partial charge on any atom is -0.479 e. The first kappa shape index (κ1) is 17.5. The van der Waals surface area contributed by atoms with Crippen LogP contribution in [0.3, 0.4) is 0 Å². The molecule has 0 heterocycles. The average molecular weight is 305 g/mol. The Morgan fingerprint density at radius 3 is 2.52 bits per heavy atom. The summed E-state index contributed by atoms with van der Waals surface area (Å²) in [6, 6.07) is 3.25. The van der Waals surface area contributed by atoms with Crippen LogP contribution in [0.15, 0.2) is 24.3 Å². The van der Waals surface area contributed by atoms with Gasteiger partial charge >= 0.3 is 19.2 Å². The van der Waals surface area contributed by atoms with E-state index in [0.29, 0.717) is 0 Å². The molecule has 0 spiro atoms. The Bertz CT molecular complexity index is 496. The van der Waals surface area contributed by atoms with Gasteiger partial charge in [-0.2, -0.15) is 13.2 Å². The Hall–Kier alpha value is -1.58. The van der Waals surface area contributed by atoms with Crippen LogP contribution in [0.2, 0.25) is 6.82 Å². The van der Waals surface area contributed by atoms with Crippen LogP contribution in [-0.2, 0) is 17.4 Å². The Labute approximate surface area is 119 Å². The van der Waals surface area contributed by atoms with Gasteiger partial charge in [-0.05, 0) is 24.9 Å². The van der Waals surface area contributed by atoms with Crippen molar-refractivity contribution in [1.29, 1.82) is 0 Å². The van der Waals surface area contributed by atoms with E-state index in [1.165, 1.54) is 19.0 Å². The minimum atomic E-state index is -4.51. The molecule has 5 nitrogen and oxygen atoms in total. The van der Waals surface area contributed by atoms with Gasteiger partial charge in [0.1, 0.15) is 0 Å². The maximum absolute atomic E-state index is 12.6. The summed E-state index contributed by atoms with van der Waals surface area (Å²) < 4.78 is 37.8. The average Bonchev–Trinajstić information content (AvgIpc) is 2.35. The predicted molar refractivity (Wildman–Crippen MR) is 69.6 cm³/mol. The van der Waals surface area contributed by atoms with Crippen LogP contribution in [0, 0.1) is 0 Å². The molecule has 1 unspecified atom stereocenters. The van der Waals surface area contributed by atoms with Crippen molar-refractivity contribution < 1.29 is 33.2 Å². The van der Waals surface area contributed by atoms with Crippen molar-refractivity contribution in [2.24, 2.45) is 0 Å². The summed E-state index contributed by atoms with van der Waals surface area (Å²) in [6.07, 6.45) is -6.54. The van der Waals surface area contributed by atoms with E-state index in [1.54, 1.807) is 0 Å². The molecule has 0 aliphatic heterocycles. The molecule has 4 N–H and O–H groups in total. The topological polar surface area (TPSA) is 89.8 Å². The summed E-state index contributed by atoms with van der Waals surface area (Å²) in [6.45, 7) is 1.31. The second-order valence-electron chi connectivity index (χ2n) is 4.63. The van der Waals surface area contributed by atoms with Crippen molar-refractivity contribution in [2.45, 2.75) is 31.6 Å². The van der Waals surface area contributed by atoms with Gasteiger partial charge in [0.25, 0.3) is 0 Å². The van der Waals surface area contributed by atoms with Gasteiger partial charge in [-0.15, -0.1) is 0 Å². The normalized spacial score (nSPS) is 14.6. The number of hydrogen-bond donors (Lipinski definition) is 4. The lowest BCUT2D eigenvalue weighted by Gasteiger charge is -2.22. The van der Waals surface area contributed by atoms with Crippen molar-refractivity contribution >= 4 is 13.0 Å². The smallest absolute Gasteiger partial charge is 0.416 e. The second-order valence-corrected chi connectivity index (χ2v) is 4.63. The molecule has 0 amide bonds. The first-order valence-electron chi connectivity index (χ1n) is 6.12. The van der Waals surface area contributed by atoms with Crippen LogP contribution in [0.4, 0.5) is 13.2 Å². The first-order chi connectivity index (χ1) is 9.61. The van der Waals surface area contributed by atoms with E-state index in [9.17, 15) is 28.1 Å². The monoisotopic (exact) mass is 305 g/mol. The van der Waals surface area contributed by atoms with Crippen molar-refractivity contribution in [3.05, 3.63) is 35.4 Å². The van der Waals surface area contributed by atoms with Crippen LogP contribution in [0.1, 0.15) is 11.1 Å². The third kappa shape index (κ3) is 5.37. The van der Waals surface area contributed by atoms with Gasteiger partial charge in [0.05, 0.1) is 5.56 Å². The van der Waals surface area contributed by atoms with E-state index < -0.39 is 36.9 Å². The summed E-state index contributed by atoms with van der Waals surface area (Å²) in [5, 5.41) is 29.9. The van der Waals surface area contributed by atoms with E-state index in [2.05, 4.69) is 5.23 Å². The summed E-state index contributed by atoms with van der Waals surface area (Å²) in [4.78, 5) is 10.8. The maximum atomic E-state index is 12.6. The third-order valence-electron chi connectivity index (χ3n) is 2.80. The highest BCUT2D eigenvalue weighted by atomic mass is 19.4. The summed E-state index contributed by atoms with van der Waals surface area (Å²) in [5.41, 5.74) is -0.663. The maximum Gasteiger partial charge on any atom is 0.416 e. The van der Waals surface area contributed by atoms with Crippen molar-refractivity contribution in [1.82, 2.24) is 5.23 Å². The molecule has 0 radical (unpaired) electrons. The molecule has 0 bridgehead atoms. The summed E-state index contributed by atoms with van der Waals surface area (Å²) in [5.74, 6) is -1.53. The molecule has 9 heteroatoms. The lowest BCUT2D eigenvalue weighted by Crippen LogP contribution is -2.51. The van der Waals surface area contributed by atoms with Crippen molar-refractivity contribution in [3.8, 4) is 0 Å². The molecule has 1 rings (SSSR count). The number of rotatable bonds is 6. The number of aliphatic carboxylic acids is 1. The largest absolute Gasteiger partial charge is 0.479 e. The van der Waals surface area contributed by atoms with Gasteiger partial charge in [-0.3, -0.25) is 0 Å². The van der Waals surface area contributed by atoms with E-state index in [-0.39, 0.29) is 12.0 Å². The van der Waals surface area contributed by atoms with Gasteiger partial charge in [0, 0.05) is 6.04 Å². The van der Waals surface area contributed by atoms with Gasteiger partial charge in [-0.25, -0.2) is 4.79 Å². The van der Waals surface area contributed by atoms with Gasteiger partial charge in [0.15, 0.2) is 6.10 Å². The highest BCUT2D eigenvalue weighted by molar-refractivity contribution is 6.45. The Morgan fingerprint density at radius 1 is 1.43 bits per heavy atom. The van der Waals surface area contributed by atoms with Crippen LogP contribution in [-0.4, -0.2) is 40.4 Å². The van der Waals surface area contributed by atoms with E-state index in [0.717, 1.165) is 12.1 Å². The number of nitrogens with one attached hydrogen (secondary N) is 1. The standard InChI is InChI=1S/C12H15BF3NO4/c1-13(21)17-9(10(18)11(19)20)6-7-3-2-4-8(5-7)12(14,15)16/h2-5,9-10,17-18,21H,6H2,1H3,(H,19,20)/t9?,10-/m0/s1. The number of halogens is 3. The molecule has 0 fully saturated rings. The number of carboxylic acids is 1. The first-order valence-corrected chi connectivity index (χ1v) is 6.12.